The molecule has 2 aromatic rings. The maximum Gasteiger partial charge on any atom is 0.278 e. The van der Waals surface area contributed by atoms with Gasteiger partial charge in [0.2, 0.25) is 5.95 Å². The largest absolute Gasteiger partial charge is 0.369 e. The second-order valence-electron chi connectivity index (χ2n) is 3.88. The Morgan fingerprint density at radius 3 is 3.00 bits per heavy atom. The van der Waals surface area contributed by atoms with Crippen LogP contribution >= 0.6 is 0 Å². The SMILES string of the molecule is Nc1nc2nc([C@H]3C=CCC3)[nH]c2c(=O)[nH]1. The van der Waals surface area contributed by atoms with Gasteiger partial charge in [0.25, 0.3) is 5.56 Å². The molecule has 0 aliphatic heterocycles. The fourth-order valence-electron chi connectivity index (χ4n) is 1.98. The highest BCUT2D eigenvalue weighted by molar-refractivity contribution is 5.70. The van der Waals surface area contributed by atoms with E-state index in [1.807, 2.05) is 0 Å². The van der Waals surface area contributed by atoms with Gasteiger partial charge >= 0.3 is 0 Å². The number of nitrogens with zero attached hydrogens (tertiary/aromatic N) is 2. The Kier molecular flexibility index (Phi) is 1.82. The maximum absolute atomic E-state index is 11.6. The van der Waals surface area contributed by atoms with Gasteiger partial charge in [-0.3, -0.25) is 9.78 Å². The summed E-state index contributed by atoms with van der Waals surface area (Å²) in [7, 11) is 0. The number of H-pyrrole nitrogens is 2. The van der Waals surface area contributed by atoms with Crippen molar-refractivity contribution in [2.75, 3.05) is 5.73 Å². The molecule has 0 radical (unpaired) electrons. The van der Waals surface area contributed by atoms with Crippen molar-refractivity contribution in [3.05, 3.63) is 28.3 Å². The van der Waals surface area contributed by atoms with Gasteiger partial charge in [0, 0.05) is 5.92 Å². The summed E-state index contributed by atoms with van der Waals surface area (Å²) in [6.45, 7) is 0. The predicted molar refractivity (Wildman–Crippen MR) is 60.0 cm³/mol. The Morgan fingerprint density at radius 1 is 1.38 bits per heavy atom. The van der Waals surface area contributed by atoms with Crippen LogP contribution in [0.25, 0.3) is 11.2 Å². The standard InChI is InChI=1S/C10H11N5O/c11-10-14-8-6(9(16)15-10)12-7(13-8)5-3-1-2-4-5/h1,3,5H,2,4H2,(H4,11,12,13,14,15,16)/t5-/m0/s1. The average molecular weight is 217 g/mol. The summed E-state index contributed by atoms with van der Waals surface area (Å²) in [6, 6.07) is 0. The third-order valence-corrected chi connectivity index (χ3v) is 2.76. The molecule has 0 unspecified atom stereocenters. The smallest absolute Gasteiger partial charge is 0.278 e. The fourth-order valence-corrected chi connectivity index (χ4v) is 1.98. The minimum atomic E-state index is -0.275. The predicted octanol–water partition coefficient (Wildman–Crippen LogP) is 0.662. The molecule has 0 aromatic carbocycles. The molecule has 2 heterocycles. The minimum Gasteiger partial charge on any atom is -0.369 e. The van der Waals surface area contributed by atoms with Crippen molar-refractivity contribution in [2.24, 2.45) is 0 Å². The molecule has 6 heteroatoms. The number of fused-ring (bicyclic) bond motifs is 1. The molecule has 4 N–H and O–H groups in total. The third kappa shape index (κ3) is 1.30. The van der Waals surface area contributed by atoms with Crippen LogP contribution in [0.15, 0.2) is 16.9 Å². The lowest BCUT2D eigenvalue weighted by Crippen LogP contribution is -2.10. The number of aromatic nitrogens is 4. The van der Waals surface area contributed by atoms with Crippen molar-refractivity contribution < 1.29 is 0 Å². The van der Waals surface area contributed by atoms with Crippen LogP contribution in [0.1, 0.15) is 24.6 Å². The van der Waals surface area contributed by atoms with Crippen LogP contribution in [0.5, 0.6) is 0 Å². The molecule has 1 aliphatic rings. The van der Waals surface area contributed by atoms with Crippen LogP contribution in [0, 0.1) is 0 Å². The molecule has 0 fully saturated rings. The molecule has 0 amide bonds. The van der Waals surface area contributed by atoms with E-state index in [2.05, 4.69) is 32.1 Å². The molecule has 0 saturated carbocycles. The van der Waals surface area contributed by atoms with Crippen molar-refractivity contribution in [3.8, 4) is 0 Å². The molecule has 82 valence electrons. The molecule has 2 aromatic heterocycles. The molecule has 0 saturated heterocycles. The number of aromatic amines is 2. The quantitative estimate of drug-likeness (QED) is 0.611. The summed E-state index contributed by atoms with van der Waals surface area (Å²) in [4.78, 5) is 25.3. The zero-order chi connectivity index (χ0) is 11.1. The van der Waals surface area contributed by atoms with E-state index < -0.39 is 0 Å². The number of hydrogen-bond acceptors (Lipinski definition) is 4. The van der Waals surface area contributed by atoms with Crippen molar-refractivity contribution in [1.29, 1.82) is 0 Å². The lowest BCUT2D eigenvalue weighted by Gasteiger charge is -2.00. The second kappa shape index (κ2) is 3.19. The second-order valence-corrected chi connectivity index (χ2v) is 3.88. The molecule has 16 heavy (non-hydrogen) atoms. The number of nitrogen functional groups attached to an aromatic ring is 1. The summed E-state index contributed by atoms with van der Waals surface area (Å²) >= 11 is 0. The number of rotatable bonds is 1. The average Bonchev–Trinajstić information content (AvgIpc) is 2.82. The van der Waals surface area contributed by atoms with Gasteiger partial charge in [-0.25, -0.2) is 4.98 Å². The Balaban J connectivity index is 2.19. The summed E-state index contributed by atoms with van der Waals surface area (Å²) in [5, 5.41) is 0. The molecule has 6 nitrogen and oxygen atoms in total. The number of nitrogens with one attached hydrogen (secondary N) is 2. The van der Waals surface area contributed by atoms with E-state index in [4.69, 9.17) is 5.73 Å². The van der Waals surface area contributed by atoms with Crippen molar-refractivity contribution in [2.45, 2.75) is 18.8 Å². The van der Waals surface area contributed by atoms with E-state index in [1.165, 1.54) is 0 Å². The van der Waals surface area contributed by atoms with Crippen LogP contribution < -0.4 is 11.3 Å². The lowest BCUT2D eigenvalue weighted by atomic mass is 10.1. The number of anilines is 1. The zero-order valence-corrected chi connectivity index (χ0v) is 8.53. The van der Waals surface area contributed by atoms with Gasteiger partial charge in [0.1, 0.15) is 5.82 Å². The number of imidazole rings is 1. The summed E-state index contributed by atoms with van der Waals surface area (Å²) in [5.41, 5.74) is 5.96. The summed E-state index contributed by atoms with van der Waals surface area (Å²) in [6.07, 6.45) is 6.28. The first kappa shape index (κ1) is 9.14. The van der Waals surface area contributed by atoms with Crippen LogP contribution in [-0.4, -0.2) is 19.9 Å². The fraction of sp³-hybridized carbons (Fsp3) is 0.300. The Labute approximate surface area is 90.6 Å². The van der Waals surface area contributed by atoms with Gasteiger partial charge in [-0.05, 0) is 12.8 Å². The monoisotopic (exact) mass is 217 g/mol. The topological polar surface area (TPSA) is 100 Å². The Hall–Kier alpha value is -2.11. The first-order chi connectivity index (χ1) is 7.74. The van der Waals surface area contributed by atoms with Gasteiger partial charge in [-0.15, -0.1) is 0 Å². The molecule has 1 aliphatic carbocycles. The van der Waals surface area contributed by atoms with Crippen LogP contribution in [0.3, 0.4) is 0 Å². The molecule has 1 atom stereocenters. The van der Waals surface area contributed by atoms with Gasteiger partial charge < -0.3 is 10.7 Å². The number of allylic oxidation sites excluding steroid dienone is 2. The van der Waals surface area contributed by atoms with E-state index >= 15 is 0 Å². The maximum atomic E-state index is 11.6. The van der Waals surface area contributed by atoms with Gasteiger partial charge in [0.05, 0.1) is 0 Å². The third-order valence-electron chi connectivity index (χ3n) is 2.76. The Morgan fingerprint density at radius 2 is 2.25 bits per heavy atom. The molecule has 3 rings (SSSR count). The van der Waals surface area contributed by atoms with E-state index in [0.717, 1.165) is 18.7 Å². The number of hydrogen-bond donors (Lipinski definition) is 3. The van der Waals surface area contributed by atoms with E-state index in [1.54, 1.807) is 0 Å². The van der Waals surface area contributed by atoms with E-state index in [9.17, 15) is 4.79 Å². The summed E-state index contributed by atoms with van der Waals surface area (Å²) in [5.74, 6) is 1.14. The zero-order valence-electron chi connectivity index (χ0n) is 8.53. The van der Waals surface area contributed by atoms with Crippen LogP contribution in [0.4, 0.5) is 5.95 Å². The normalized spacial score (nSPS) is 19.6. The molecule has 0 bridgehead atoms. The van der Waals surface area contributed by atoms with Gasteiger partial charge in [-0.1, -0.05) is 12.2 Å². The highest BCUT2D eigenvalue weighted by Gasteiger charge is 2.17. The van der Waals surface area contributed by atoms with Crippen molar-refractivity contribution in [3.63, 3.8) is 0 Å². The molecular formula is C10H11N5O. The van der Waals surface area contributed by atoms with Gasteiger partial charge in [0.15, 0.2) is 11.2 Å². The molecular weight excluding hydrogens is 206 g/mol. The highest BCUT2D eigenvalue weighted by Crippen LogP contribution is 2.26. The highest BCUT2D eigenvalue weighted by atomic mass is 16.1. The number of nitrogens with two attached hydrogens (primary N) is 1. The van der Waals surface area contributed by atoms with Crippen molar-refractivity contribution >= 4 is 17.1 Å². The summed E-state index contributed by atoms with van der Waals surface area (Å²) < 4.78 is 0. The van der Waals surface area contributed by atoms with Crippen molar-refractivity contribution in [1.82, 2.24) is 19.9 Å². The first-order valence-electron chi connectivity index (χ1n) is 5.16. The van der Waals surface area contributed by atoms with Crippen LogP contribution in [0.2, 0.25) is 0 Å². The van der Waals surface area contributed by atoms with Crippen LogP contribution in [-0.2, 0) is 0 Å². The first-order valence-corrected chi connectivity index (χ1v) is 5.16. The lowest BCUT2D eigenvalue weighted by molar-refractivity contribution is 0.756. The Bertz CT molecular complexity index is 624. The minimum absolute atomic E-state index is 0.0949. The molecule has 0 spiro atoms. The van der Waals surface area contributed by atoms with E-state index in [-0.39, 0.29) is 17.4 Å². The van der Waals surface area contributed by atoms with Gasteiger partial charge in [-0.2, -0.15) is 4.98 Å². The van der Waals surface area contributed by atoms with E-state index in [0.29, 0.717) is 11.2 Å².